The van der Waals surface area contributed by atoms with Crippen molar-refractivity contribution in [3.63, 3.8) is 0 Å². The fourth-order valence-corrected chi connectivity index (χ4v) is 1.19. The maximum atomic E-state index is 8.66. The number of benzene rings is 1. The molecule has 13 heavy (non-hydrogen) atoms. The van der Waals surface area contributed by atoms with Crippen LogP contribution >= 0.6 is 11.6 Å². The van der Waals surface area contributed by atoms with Crippen molar-refractivity contribution < 1.29 is 9.84 Å². The van der Waals surface area contributed by atoms with E-state index in [1.165, 1.54) is 0 Å². The van der Waals surface area contributed by atoms with Crippen molar-refractivity contribution in [2.24, 2.45) is 0 Å². The van der Waals surface area contributed by atoms with Crippen LogP contribution in [0.25, 0.3) is 0 Å². The van der Waals surface area contributed by atoms with Crippen molar-refractivity contribution in [3.8, 4) is 5.75 Å². The van der Waals surface area contributed by atoms with Crippen molar-refractivity contribution >= 4 is 11.6 Å². The summed E-state index contributed by atoms with van der Waals surface area (Å²) in [4.78, 5) is 0. The molecule has 0 amide bonds. The molecule has 0 fully saturated rings. The molecule has 0 radical (unpaired) electrons. The van der Waals surface area contributed by atoms with Gasteiger partial charge in [0.15, 0.2) is 0 Å². The van der Waals surface area contributed by atoms with E-state index in [2.05, 4.69) is 0 Å². The molecule has 3 heteroatoms. The first-order valence-electron chi connectivity index (χ1n) is 4.25. The van der Waals surface area contributed by atoms with Crippen LogP contribution in [0.1, 0.15) is 13.3 Å². The SMILES string of the molecule is CC(CCO)Oc1cccc(Cl)c1. The predicted molar refractivity (Wildman–Crippen MR) is 53.2 cm³/mol. The first-order chi connectivity index (χ1) is 6.22. The summed E-state index contributed by atoms with van der Waals surface area (Å²) in [6.07, 6.45) is 0.649. The number of hydrogen-bond acceptors (Lipinski definition) is 2. The van der Waals surface area contributed by atoms with Gasteiger partial charge < -0.3 is 9.84 Å². The third-order valence-corrected chi connectivity index (χ3v) is 1.90. The smallest absolute Gasteiger partial charge is 0.121 e. The molecule has 1 rings (SSSR count). The van der Waals surface area contributed by atoms with Gasteiger partial charge in [0.2, 0.25) is 0 Å². The van der Waals surface area contributed by atoms with E-state index in [0.717, 1.165) is 5.75 Å². The minimum absolute atomic E-state index is 0.0171. The minimum Gasteiger partial charge on any atom is -0.491 e. The van der Waals surface area contributed by atoms with Crippen LogP contribution in [0.5, 0.6) is 5.75 Å². The number of aliphatic hydroxyl groups excluding tert-OH is 1. The second-order valence-electron chi connectivity index (χ2n) is 2.90. The van der Waals surface area contributed by atoms with Gasteiger partial charge in [-0.1, -0.05) is 17.7 Å². The highest BCUT2D eigenvalue weighted by Gasteiger charge is 2.02. The Hall–Kier alpha value is -0.730. The largest absolute Gasteiger partial charge is 0.491 e. The summed E-state index contributed by atoms with van der Waals surface area (Å²) in [7, 11) is 0. The molecule has 2 nitrogen and oxygen atoms in total. The highest BCUT2D eigenvalue weighted by atomic mass is 35.5. The lowest BCUT2D eigenvalue weighted by Crippen LogP contribution is -2.13. The standard InChI is InChI=1S/C10H13ClO2/c1-8(5-6-12)13-10-4-2-3-9(11)7-10/h2-4,7-8,12H,5-6H2,1H3. The lowest BCUT2D eigenvalue weighted by atomic mass is 10.3. The number of aliphatic hydroxyl groups is 1. The molecule has 1 aromatic rings. The van der Waals surface area contributed by atoms with E-state index in [-0.39, 0.29) is 12.7 Å². The summed E-state index contributed by atoms with van der Waals surface area (Å²) in [5, 5.41) is 9.32. The molecule has 0 aliphatic heterocycles. The first kappa shape index (κ1) is 10.4. The molecule has 1 N–H and O–H groups in total. The Morgan fingerprint density at radius 1 is 1.54 bits per heavy atom. The van der Waals surface area contributed by atoms with E-state index in [9.17, 15) is 0 Å². The zero-order valence-electron chi connectivity index (χ0n) is 7.53. The van der Waals surface area contributed by atoms with Crippen molar-refractivity contribution in [2.75, 3.05) is 6.61 Å². The van der Waals surface area contributed by atoms with Crippen LogP contribution < -0.4 is 4.74 Å². The van der Waals surface area contributed by atoms with Gasteiger partial charge in [0.05, 0.1) is 6.10 Å². The van der Waals surface area contributed by atoms with Crippen LogP contribution in [0.15, 0.2) is 24.3 Å². The maximum absolute atomic E-state index is 8.66. The topological polar surface area (TPSA) is 29.5 Å². The molecule has 0 saturated heterocycles. The zero-order chi connectivity index (χ0) is 9.68. The molecular weight excluding hydrogens is 188 g/mol. The molecule has 1 aromatic carbocycles. The average Bonchev–Trinajstić information content (AvgIpc) is 2.04. The second-order valence-corrected chi connectivity index (χ2v) is 3.33. The maximum Gasteiger partial charge on any atom is 0.121 e. The Bertz CT molecular complexity index is 263. The van der Waals surface area contributed by atoms with Gasteiger partial charge in [-0.05, 0) is 25.1 Å². The predicted octanol–water partition coefficient (Wildman–Crippen LogP) is 2.49. The Balaban J connectivity index is 2.53. The molecule has 1 atom stereocenters. The van der Waals surface area contributed by atoms with Crippen LogP contribution in [0.4, 0.5) is 0 Å². The van der Waals surface area contributed by atoms with Gasteiger partial charge in [0.1, 0.15) is 5.75 Å². The fourth-order valence-electron chi connectivity index (χ4n) is 1.01. The van der Waals surface area contributed by atoms with Gasteiger partial charge in [-0.25, -0.2) is 0 Å². The molecule has 1 unspecified atom stereocenters. The first-order valence-corrected chi connectivity index (χ1v) is 4.63. The number of halogens is 1. The third-order valence-electron chi connectivity index (χ3n) is 1.67. The lowest BCUT2D eigenvalue weighted by Gasteiger charge is -2.13. The molecule has 0 aliphatic rings. The summed E-state index contributed by atoms with van der Waals surface area (Å²) >= 11 is 5.78. The van der Waals surface area contributed by atoms with Gasteiger partial charge in [-0.2, -0.15) is 0 Å². The number of rotatable bonds is 4. The Labute approximate surface area is 83.1 Å². The van der Waals surface area contributed by atoms with Crippen LogP contribution in [0.2, 0.25) is 5.02 Å². The summed E-state index contributed by atoms with van der Waals surface area (Å²) in [5.74, 6) is 0.744. The van der Waals surface area contributed by atoms with Crippen LogP contribution in [-0.4, -0.2) is 17.8 Å². The Morgan fingerprint density at radius 2 is 2.31 bits per heavy atom. The molecular formula is C10H13ClO2. The van der Waals surface area contributed by atoms with E-state index < -0.39 is 0 Å². The van der Waals surface area contributed by atoms with E-state index in [1.54, 1.807) is 12.1 Å². The van der Waals surface area contributed by atoms with Crippen LogP contribution in [-0.2, 0) is 0 Å². The lowest BCUT2D eigenvalue weighted by molar-refractivity contribution is 0.169. The quantitative estimate of drug-likeness (QED) is 0.809. The van der Waals surface area contributed by atoms with Crippen LogP contribution in [0.3, 0.4) is 0 Å². The number of ether oxygens (including phenoxy) is 1. The molecule has 0 bridgehead atoms. The van der Waals surface area contributed by atoms with Crippen LogP contribution in [0, 0.1) is 0 Å². The second kappa shape index (κ2) is 5.10. The normalized spacial score (nSPS) is 12.5. The molecule has 0 saturated carbocycles. The van der Waals surface area contributed by atoms with Crippen molar-refractivity contribution in [1.82, 2.24) is 0 Å². The fraction of sp³-hybridized carbons (Fsp3) is 0.400. The minimum atomic E-state index is 0.0171. The summed E-state index contributed by atoms with van der Waals surface area (Å²) in [5.41, 5.74) is 0. The Morgan fingerprint density at radius 3 is 2.92 bits per heavy atom. The summed E-state index contributed by atoms with van der Waals surface area (Å²) < 4.78 is 5.49. The zero-order valence-corrected chi connectivity index (χ0v) is 8.29. The molecule has 0 aromatic heterocycles. The highest BCUT2D eigenvalue weighted by molar-refractivity contribution is 6.30. The summed E-state index contributed by atoms with van der Waals surface area (Å²) in [6.45, 7) is 2.05. The monoisotopic (exact) mass is 200 g/mol. The van der Waals surface area contributed by atoms with E-state index in [0.29, 0.717) is 11.4 Å². The average molecular weight is 201 g/mol. The van der Waals surface area contributed by atoms with Gasteiger partial charge in [-0.15, -0.1) is 0 Å². The van der Waals surface area contributed by atoms with Crippen molar-refractivity contribution in [1.29, 1.82) is 0 Å². The molecule has 0 heterocycles. The highest BCUT2D eigenvalue weighted by Crippen LogP contribution is 2.18. The van der Waals surface area contributed by atoms with E-state index >= 15 is 0 Å². The number of hydrogen-bond donors (Lipinski definition) is 1. The molecule has 72 valence electrons. The van der Waals surface area contributed by atoms with Gasteiger partial charge in [-0.3, -0.25) is 0 Å². The van der Waals surface area contributed by atoms with Gasteiger partial charge in [0, 0.05) is 18.1 Å². The summed E-state index contributed by atoms with van der Waals surface area (Å²) in [6, 6.07) is 7.24. The Kier molecular flexibility index (Phi) is 4.06. The van der Waals surface area contributed by atoms with Crippen molar-refractivity contribution in [3.05, 3.63) is 29.3 Å². The molecule has 0 aliphatic carbocycles. The van der Waals surface area contributed by atoms with E-state index in [1.807, 2.05) is 19.1 Å². The van der Waals surface area contributed by atoms with Crippen molar-refractivity contribution in [2.45, 2.75) is 19.4 Å². The molecule has 0 spiro atoms. The van der Waals surface area contributed by atoms with E-state index in [4.69, 9.17) is 21.4 Å². The third kappa shape index (κ3) is 3.66. The van der Waals surface area contributed by atoms with Gasteiger partial charge in [0.25, 0.3) is 0 Å². The van der Waals surface area contributed by atoms with Gasteiger partial charge >= 0.3 is 0 Å².